The van der Waals surface area contributed by atoms with Gasteiger partial charge in [-0.1, -0.05) is 11.6 Å². The van der Waals surface area contributed by atoms with Gasteiger partial charge < -0.3 is 4.74 Å². The summed E-state index contributed by atoms with van der Waals surface area (Å²) >= 11 is 1.28. The third-order valence-corrected chi connectivity index (χ3v) is 4.32. The number of ether oxygens (including phenoxy) is 1. The van der Waals surface area contributed by atoms with Gasteiger partial charge in [-0.3, -0.25) is 9.69 Å². The van der Waals surface area contributed by atoms with Gasteiger partial charge in [0.05, 0.1) is 6.61 Å². The Morgan fingerprint density at radius 1 is 1.43 bits per heavy atom. The second kappa shape index (κ2) is 7.36. The van der Waals surface area contributed by atoms with E-state index in [0.717, 1.165) is 19.3 Å². The molecule has 0 N–H and O–H groups in total. The van der Waals surface area contributed by atoms with Crippen LogP contribution in [0.2, 0.25) is 0 Å². The molecule has 1 heterocycles. The number of esters is 1. The van der Waals surface area contributed by atoms with Crippen LogP contribution in [0.15, 0.2) is 17.0 Å². The lowest BCUT2D eigenvalue weighted by Crippen LogP contribution is -2.26. The molecule has 5 nitrogen and oxygen atoms in total. The number of anilines is 1. The van der Waals surface area contributed by atoms with Crippen LogP contribution in [0.25, 0.3) is 0 Å². The summed E-state index contributed by atoms with van der Waals surface area (Å²) in [7, 11) is 1.69. The smallest absolute Gasteiger partial charge is 0.357 e. The van der Waals surface area contributed by atoms with Crippen LogP contribution in [-0.2, 0) is 9.53 Å². The third-order valence-electron chi connectivity index (χ3n) is 3.40. The minimum absolute atomic E-state index is 0.00732. The second-order valence-electron chi connectivity index (χ2n) is 4.97. The summed E-state index contributed by atoms with van der Waals surface area (Å²) in [4.78, 5) is 29.5. The van der Waals surface area contributed by atoms with Gasteiger partial charge in [-0.05, 0) is 32.6 Å². The molecule has 1 aromatic heterocycles. The number of allylic oxidation sites excluding steroid dienone is 1. The molecule has 114 valence electrons. The van der Waals surface area contributed by atoms with Crippen molar-refractivity contribution in [2.24, 2.45) is 0 Å². The standard InChI is InChI=1S/C15H20N2O3S/c1-3-20-14(19)12-10-21-15(16-12)17(2)13(18)9-11-7-5-4-6-8-11/h7,10H,3-6,8-9H2,1-2H3. The summed E-state index contributed by atoms with van der Waals surface area (Å²) in [5.41, 5.74) is 1.47. The Morgan fingerprint density at radius 2 is 2.24 bits per heavy atom. The first-order valence-corrected chi connectivity index (χ1v) is 8.07. The predicted molar refractivity (Wildman–Crippen MR) is 82.6 cm³/mol. The predicted octanol–water partition coefficient (Wildman–Crippen LogP) is 3.17. The summed E-state index contributed by atoms with van der Waals surface area (Å²) in [6, 6.07) is 0. The molecular formula is C15H20N2O3S. The number of amides is 1. The van der Waals surface area contributed by atoms with E-state index in [1.165, 1.54) is 28.2 Å². The van der Waals surface area contributed by atoms with Gasteiger partial charge in [-0.15, -0.1) is 11.3 Å². The topological polar surface area (TPSA) is 59.5 Å². The molecule has 0 unspecified atom stereocenters. The van der Waals surface area contributed by atoms with Crippen molar-refractivity contribution in [2.45, 2.75) is 39.0 Å². The van der Waals surface area contributed by atoms with Crippen LogP contribution in [-0.4, -0.2) is 30.5 Å². The van der Waals surface area contributed by atoms with E-state index in [4.69, 9.17) is 4.74 Å². The molecule has 0 radical (unpaired) electrons. The molecule has 0 spiro atoms. The summed E-state index contributed by atoms with van der Waals surface area (Å²) in [5.74, 6) is -0.441. The van der Waals surface area contributed by atoms with Gasteiger partial charge >= 0.3 is 5.97 Å². The molecule has 1 amide bonds. The summed E-state index contributed by atoms with van der Waals surface area (Å²) in [6.07, 6.45) is 7.05. The molecule has 6 heteroatoms. The number of rotatable bonds is 5. The Labute approximate surface area is 128 Å². The molecule has 0 saturated heterocycles. The van der Waals surface area contributed by atoms with Crippen molar-refractivity contribution in [2.75, 3.05) is 18.6 Å². The number of nitrogens with zero attached hydrogens (tertiary/aromatic N) is 2. The van der Waals surface area contributed by atoms with Gasteiger partial charge in [0.25, 0.3) is 0 Å². The molecular weight excluding hydrogens is 288 g/mol. The molecule has 0 saturated carbocycles. The minimum Gasteiger partial charge on any atom is -0.461 e. The van der Waals surface area contributed by atoms with Crippen LogP contribution in [0.3, 0.4) is 0 Å². The lowest BCUT2D eigenvalue weighted by molar-refractivity contribution is -0.117. The van der Waals surface area contributed by atoms with E-state index in [2.05, 4.69) is 11.1 Å². The fraction of sp³-hybridized carbons (Fsp3) is 0.533. The Kier molecular flexibility index (Phi) is 5.50. The van der Waals surface area contributed by atoms with Crippen molar-refractivity contribution in [1.82, 2.24) is 4.98 Å². The van der Waals surface area contributed by atoms with Crippen LogP contribution in [0.5, 0.6) is 0 Å². The first-order chi connectivity index (χ1) is 10.1. The highest BCUT2D eigenvalue weighted by molar-refractivity contribution is 7.14. The highest BCUT2D eigenvalue weighted by Crippen LogP contribution is 2.24. The minimum atomic E-state index is -0.448. The number of hydrogen-bond acceptors (Lipinski definition) is 5. The highest BCUT2D eigenvalue weighted by Gasteiger charge is 2.19. The van der Waals surface area contributed by atoms with E-state index in [1.807, 2.05) is 0 Å². The molecule has 2 rings (SSSR count). The van der Waals surface area contributed by atoms with E-state index >= 15 is 0 Å². The Morgan fingerprint density at radius 3 is 2.90 bits per heavy atom. The molecule has 1 aromatic rings. The average Bonchev–Trinajstić information content (AvgIpc) is 2.97. The van der Waals surface area contributed by atoms with Crippen LogP contribution in [0.4, 0.5) is 5.13 Å². The lowest BCUT2D eigenvalue weighted by atomic mass is 9.97. The molecule has 0 bridgehead atoms. The first kappa shape index (κ1) is 15.7. The molecule has 1 aliphatic carbocycles. The second-order valence-corrected chi connectivity index (χ2v) is 5.81. The maximum absolute atomic E-state index is 12.3. The zero-order valence-corrected chi connectivity index (χ0v) is 13.2. The SMILES string of the molecule is CCOC(=O)c1csc(N(C)C(=O)CC2=CCCCC2)n1. The summed E-state index contributed by atoms with van der Waals surface area (Å²) in [6.45, 7) is 2.06. The maximum atomic E-state index is 12.3. The normalized spacial score (nSPS) is 14.5. The van der Waals surface area contributed by atoms with Crippen molar-refractivity contribution < 1.29 is 14.3 Å². The van der Waals surface area contributed by atoms with Gasteiger partial charge in [-0.25, -0.2) is 9.78 Å². The average molecular weight is 308 g/mol. The third kappa shape index (κ3) is 4.14. The number of carbonyl (C=O) groups excluding carboxylic acids is 2. The van der Waals surface area contributed by atoms with E-state index in [-0.39, 0.29) is 11.6 Å². The van der Waals surface area contributed by atoms with Crippen molar-refractivity contribution in [1.29, 1.82) is 0 Å². The number of hydrogen-bond donors (Lipinski definition) is 0. The van der Waals surface area contributed by atoms with E-state index in [1.54, 1.807) is 19.4 Å². The molecule has 21 heavy (non-hydrogen) atoms. The Hall–Kier alpha value is -1.69. The Bertz CT molecular complexity index is 551. The number of aromatic nitrogens is 1. The van der Waals surface area contributed by atoms with E-state index in [9.17, 15) is 9.59 Å². The quantitative estimate of drug-likeness (QED) is 0.619. The van der Waals surface area contributed by atoms with Gasteiger partial charge in [0.1, 0.15) is 0 Å². The van der Waals surface area contributed by atoms with Gasteiger partial charge in [-0.2, -0.15) is 0 Å². The van der Waals surface area contributed by atoms with Crippen molar-refractivity contribution in [3.8, 4) is 0 Å². The lowest BCUT2D eigenvalue weighted by Gasteiger charge is -2.17. The molecule has 0 aromatic carbocycles. The van der Waals surface area contributed by atoms with Crippen LogP contribution in [0, 0.1) is 0 Å². The van der Waals surface area contributed by atoms with Crippen molar-refractivity contribution in [3.05, 3.63) is 22.7 Å². The van der Waals surface area contributed by atoms with Crippen LogP contribution in [0.1, 0.15) is 49.5 Å². The monoisotopic (exact) mass is 308 g/mol. The van der Waals surface area contributed by atoms with E-state index in [0.29, 0.717) is 18.2 Å². The molecule has 0 fully saturated rings. The van der Waals surface area contributed by atoms with E-state index < -0.39 is 5.97 Å². The summed E-state index contributed by atoms with van der Waals surface area (Å²) in [5, 5.41) is 2.15. The van der Waals surface area contributed by atoms with Crippen molar-refractivity contribution in [3.63, 3.8) is 0 Å². The number of carbonyl (C=O) groups is 2. The van der Waals surface area contributed by atoms with Gasteiger partial charge in [0.2, 0.25) is 5.91 Å². The fourth-order valence-corrected chi connectivity index (χ4v) is 2.98. The highest BCUT2D eigenvalue weighted by atomic mass is 32.1. The van der Waals surface area contributed by atoms with Gasteiger partial charge in [0.15, 0.2) is 10.8 Å². The maximum Gasteiger partial charge on any atom is 0.357 e. The van der Waals surface area contributed by atoms with Gasteiger partial charge in [0, 0.05) is 18.8 Å². The van der Waals surface area contributed by atoms with Crippen LogP contribution >= 0.6 is 11.3 Å². The number of thiazole rings is 1. The zero-order valence-electron chi connectivity index (χ0n) is 12.4. The fourth-order valence-electron chi connectivity index (χ4n) is 2.20. The largest absolute Gasteiger partial charge is 0.461 e. The molecule has 0 aliphatic heterocycles. The molecule has 0 atom stereocenters. The van der Waals surface area contributed by atoms with Crippen molar-refractivity contribution >= 4 is 28.3 Å². The molecule has 1 aliphatic rings. The summed E-state index contributed by atoms with van der Waals surface area (Å²) < 4.78 is 4.90. The van der Waals surface area contributed by atoms with Crippen LogP contribution < -0.4 is 4.90 Å². The Balaban J connectivity index is 1.98. The first-order valence-electron chi connectivity index (χ1n) is 7.19. The zero-order chi connectivity index (χ0) is 15.2.